The van der Waals surface area contributed by atoms with Gasteiger partial charge >= 0.3 is 5.97 Å². The van der Waals surface area contributed by atoms with Gasteiger partial charge in [-0.3, -0.25) is 4.79 Å². The van der Waals surface area contributed by atoms with Gasteiger partial charge in [0.1, 0.15) is 0 Å². The Labute approximate surface area is 149 Å². The highest BCUT2D eigenvalue weighted by Gasteiger charge is 1.97. The number of unbranched alkanes of at least 4 members (excludes halogenated alkanes) is 15. The number of carboxylic acid groups (broad SMARTS) is 1. The SMILES string of the molecule is CCCCCCCCCCCCCCCCCCC(=O)O.[AlH3]. The van der Waals surface area contributed by atoms with Gasteiger partial charge in [0.15, 0.2) is 17.4 Å². The number of carbonyl (C=O) groups is 1. The second-order valence-electron chi connectivity index (χ2n) is 6.45. The molecule has 0 aliphatic heterocycles. The molecule has 132 valence electrons. The Kier molecular flexibility index (Phi) is 23.2. The van der Waals surface area contributed by atoms with E-state index < -0.39 is 5.97 Å². The second kappa shape index (κ2) is 21.0. The van der Waals surface area contributed by atoms with Crippen LogP contribution >= 0.6 is 0 Å². The van der Waals surface area contributed by atoms with Gasteiger partial charge in [0.25, 0.3) is 0 Å². The lowest BCUT2D eigenvalue weighted by molar-refractivity contribution is -0.137. The summed E-state index contributed by atoms with van der Waals surface area (Å²) in [5, 5.41) is 8.53. The molecule has 0 atom stereocenters. The Morgan fingerprint density at radius 1 is 0.591 bits per heavy atom. The molecule has 0 saturated carbocycles. The predicted molar refractivity (Wildman–Crippen MR) is 102 cm³/mol. The van der Waals surface area contributed by atoms with Crippen molar-refractivity contribution in [1.82, 2.24) is 0 Å². The first-order valence-electron chi connectivity index (χ1n) is 9.49. The first-order chi connectivity index (χ1) is 10.3. The number of carboxylic acids is 1. The number of hydrogen-bond acceptors (Lipinski definition) is 1. The summed E-state index contributed by atoms with van der Waals surface area (Å²) < 4.78 is 0. The molecular formula is C19H41AlO2. The molecule has 0 radical (unpaired) electrons. The van der Waals surface area contributed by atoms with Crippen LogP contribution in [-0.2, 0) is 4.79 Å². The number of aliphatic carboxylic acids is 1. The molecule has 0 heterocycles. The van der Waals surface area contributed by atoms with E-state index in [9.17, 15) is 4.79 Å². The van der Waals surface area contributed by atoms with Crippen LogP contribution in [0.5, 0.6) is 0 Å². The molecule has 1 N–H and O–H groups in total. The Balaban J connectivity index is 0. The van der Waals surface area contributed by atoms with Crippen molar-refractivity contribution in [3.63, 3.8) is 0 Å². The summed E-state index contributed by atoms with van der Waals surface area (Å²) in [7, 11) is 0. The zero-order chi connectivity index (χ0) is 15.6. The molecule has 0 aromatic carbocycles. The fourth-order valence-electron chi connectivity index (χ4n) is 2.82. The molecule has 0 unspecified atom stereocenters. The van der Waals surface area contributed by atoms with Crippen molar-refractivity contribution in [2.75, 3.05) is 0 Å². The molecule has 0 aromatic heterocycles. The smallest absolute Gasteiger partial charge is 0.303 e. The van der Waals surface area contributed by atoms with Gasteiger partial charge in [-0.25, -0.2) is 0 Å². The molecule has 0 aliphatic carbocycles. The summed E-state index contributed by atoms with van der Waals surface area (Å²) >= 11 is 0. The quantitative estimate of drug-likeness (QED) is 0.281. The third kappa shape index (κ3) is 22.3. The Bertz CT molecular complexity index is 219. The molecule has 2 nitrogen and oxygen atoms in total. The summed E-state index contributed by atoms with van der Waals surface area (Å²) in [6.07, 6.45) is 21.7. The molecule has 3 heteroatoms. The number of rotatable bonds is 17. The van der Waals surface area contributed by atoms with Gasteiger partial charge in [0.05, 0.1) is 0 Å². The lowest BCUT2D eigenvalue weighted by Crippen LogP contribution is -1.93. The molecule has 0 rings (SSSR count). The maximum atomic E-state index is 10.3. The molecule has 0 aromatic rings. The highest BCUT2D eigenvalue weighted by atomic mass is 27.0. The van der Waals surface area contributed by atoms with Crippen LogP contribution in [0.25, 0.3) is 0 Å². The predicted octanol–water partition coefficient (Wildman–Crippen LogP) is 5.54. The van der Waals surface area contributed by atoms with Gasteiger partial charge < -0.3 is 5.11 Å². The van der Waals surface area contributed by atoms with E-state index in [2.05, 4.69) is 6.92 Å². The minimum Gasteiger partial charge on any atom is -0.481 e. The maximum absolute atomic E-state index is 10.3. The van der Waals surface area contributed by atoms with E-state index in [1.165, 1.54) is 89.9 Å². The van der Waals surface area contributed by atoms with Crippen LogP contribution in [0.2, 0.25) is 0 Å². The first kappa shape index (κ1) is 24.3. The summed E-state index contributed by atoms with van der Waals surface area (Å²) in [5.41, 5.74) is 0. The van der Waals surface area contributed by atoms with Gasteiger partial charge in [-0.2, -0.15) is 0 Å². The second-order valence-corrected chi connectivity index (χ2v) is 6.45. The molecule has 22 heavy (non-hydrogen) atoms. The largest absolute Gasteiger partial charge is 0.481 e. The fraction of sp³-hybridized carbons (Fsp3) is 0.947. The molecular weight excluding hydrogens is 287 g/mol. The topological polar surface area (TPSA) is 37.3 Å². The molecule has 0 aliphatic rings. The van der Waals surface area contributed by atoms with Crippen molar-refractivity contribution in [1.29, 1.82) is 0 Å². The zero-order valence-electron chi connectivity index (χ0n) is 14.4. The normalized spacial score (nSPS) is 10.4. The molecule has 0 fully saturated rings. The first-order valence-corrected chi connectivity index (χ1v) is 9.49. The van der Waals surface area contributed by atoms with Crippen LogP contribution in [0, 0.1) is 0 Å². The lowest BCUT2D eigenvalue weighted by Gasteiger charge is -2.03. The van der Waals surface area contributed by atoms with Gasteiger partial charge in [-0.05, 0) is 6.42 Å². The average Bonchev–Trinajstić information content (AvgIpc) is 2.46. The summed E-state index contributed by atoms with van der Waals surface area (Å²) in [6.45, 7) is 2.27. The summed E-state index contributed by atoms with van der Waals surface area (Å²) in [6, 6.07) is 0. The van der Waals surface area contributed by atoms with Crippen molar-refractivity contribution in [3.8, 4) is 0 Å². The van der Waals surface area contributed by atoms with E-state index in [1.807, 2.05) is 0 Å². The Morgan fingerprint density at radius 2 is 0.864 bits per heavy atom. The third-order valence-corrected chi connectivity index (χ3v) is 4.24. The van der Waals surface area contributed by atoms with Crippen LogP contribution in [-0.4, -0.2) is 28.4 Å². The van der Waals surface area contributed by atoms with Crippen LogP contribution in [0.15, 0.2) is 0 Å². The minimum absolute atomic E-state index is 0. The minimum atomic E-state index is -0.652. The third-order valence-electron chi connectivity index (χ3n) is 4.24. The van der Waals surface area contributed by atoms with E-state index in [0.717, 1.165) is 12.8 Å². The number of hydrogen-bond donors (Lipinski definition) is 1. The monoisotopic (exact) mass is 328 g/mol. The Morgan fingerprint density at radius 3 is 1.14 bits per heavy atom. The van der Waals surface area contributed by atoms with Crippen LogP contribution < -0.4 is 0 Å². The van der Waals surface area contributed by atoms with E-state index in [1.54, 1.807) is 0 Å². The van der Waals surface area contributed by atoms with Crippen molar-refractivity contribution in [2.24, 2.45) is 0 Å². The van der Waals surface area contributed by atoms with Gasteiger partial charge in [-0.1, -0.05) is 103 Å². The standard InChI is InChI=1S/C19H38O2.Al.3H/c1-2-3-4-5-6-7-8-9-10-11-12-13-14-15-16-17-18-19(20)21;;;;/h2-18H2,1H3,(H,20,21);;;;. The highest BCUT2D eigenvalue weighted by molar-refractivity contribution is 5.75. The summed E-state index contributed by atoms with van der Waals surface area (Å²) in [5.74, 6) is -0.652. The van der Waals surface area contributed by atoms with E-state index >= 15 is 0 Å². The van der Waals surface area contributed by atoms with E-state index in [4.69, 9.17) is 5.11 Å². The van der Waals surface area contributed by atoms with Crippen LogP contribution in [0.3, 0.4) is 0 Å². The molecule has 0 spiro atoms. The van der Waals surface area contributed by atoms with Crippen molar-refractivity contribution >= 4 is 23.3 Å². The van der Waals surface area contributed by atoms with Gasteiger partial charge in [0.2, 0.25) is 0 Å². The van der Waals surface area contributed by atoms with Crippen LogP contribution in [0.4, 0.5) is 0 Å². The van der Waals surface area contributed by atoms with Crippen molar-refractivity contribution < 1.29 is 9.90 Å². The van der Waals surface area contributed by atoms with Crippen molar-refractivity contribution in [2.45, 2.75) is 116 Å². The summed E-state index contributed by atoms with van der Waals surface area (Å²) in [4.78, 5) is 10.3. The fourth-order valence-corrected chi connectivity index (χ4v) is 2.82. The molecule has 0 saturated heterocycles. The molecule has 0 amide bonds. The average molecular weight is 329 g/mol. The maximum Gasteiger partial charge on any atom is 0.303 e. The Hall–Kier alpha value is 0.00247. The van der Waals surface area contributed by atoms with Crippen molar-refractivity contribution in [3.05, 3.63) is 0 Å². The van der Waals surface area contributed by atoms with E-state index in [0.29, 0.717) is 6.42 Å². The van der Waals surface area contributed by atoms with E-state index in [-0.39, 0.29) is 17.4 Å². The zero-order valence-corrected chi connectivity index (χ0v) is 14.4. The van der Waals surface area contributed by atoms with Gasteiger partial charge in [0, 0.05) is 6.42 Å². The van der Waals surface area contributed by atoms with Crippen LogP contribution in [0.1, 0.15) is 116 Å². The highest BCUT2D eigenvalue weighted by Crippen LogP contribution is 2.13. The van der Waals surface area contributed by atoms with Gasteiger partial charge in [-0.15, -0.1) is 0 Å². The molecule has 0 bridgehead atoms. The lowest BCUT2D eigenvalue weighted by atomic mass is 10.0.